The molecule has 1 atom stereocenters. The fourth-order valence-corrected chi connectivity index (χ4v) is 2.04. The molecule has 0 bridgehead atoms. The van der Waals surface area contributed by atoms with Gasteiger partial charge < -0.3 is 10.0 Å². The number of β-amino-alcohol motifs (C(OH)–C–C–N with tert-alkyl or cyclic N) is 1. The van der Waals surface area contributed by atoms with E-state index in [4.69, 9.17) is 11.6 Å². The second-order valence-electron chi connectivity index (χ2n) is 4.21. The Morgan fingerprint density at radius 1 is 1.44 bits per heavy atom. The highest BCUT2D eigenvalue weighted by Gasteiger charge is 2.34. The summed E-state index contributed by atoms with van der Waals surface area (Å²) in [6, 6.07) is 6.33. The van der Waals surface area contributed by atoms with Crippen molar-refractivity contribution < 1.29 is 14.7 Å². The van der Waals surface area contributed by atoms with Crippen molar-refractivity contribution in [1.82, 2.24) is 9.80 Å². The molecule has 1 aliphatic heterocycles. The zero-order chi connectivity index (χ0) is 13.3. The number of nitrogens with zero attached hydrogens (tertiary/aromatic N) is 2. The van der Waals surface area contributed by atoms with E-state index in [2.05, 4.69) is 0 Å². The Balaban J connectivity index is 2.10. The van der Waals surface area contributed by atoms with E-state index in [0.717, 1.165) is 4.90 Å². The molecule has 0 radical (unpaired) electrons. The van der Waals surface area contributed by atoms with Gasteiger partial charge in [-0.2, -0.15) is 0 Å². The minimum absolute atomic E-state index is 0.0532. The third-order valence-electron chi connectivity index (χ3n) is 2.82. The van der Waals surface area contributed by atoms with E-state index in [-0.39, 0.29) is 25.0 Å². The Hall–Kier alpha value is -1.59. The number of carbonyl (C=O) groups is 2. The maximum absolute atomic E-state index is 11.6. The van der Waals surface area contributed by atoms with Crippen LogP contribution in [0.25, 0.3) is 0 Å². The lowest BCUT2D eigenvalue weighted by molar-refractivity contribution is -0.126. The number of imide groups is 1. The molecule has 6 heteroatoms. The normalized spacial score (nSPS) is 17.5. The first-order chi connectivity index (χ1) is 8.49. The van der Waals surface area contributed by atoms with Gasteiger partial charge >= 0.3 is 6.03 Å². The third-order valence-corrected chi connectivity index (χ3v) is 3.05. The summed E-state index contributed by atoms with van der Waals surface area (Å²) in [6.07, 6.45) is -0.928. The molecule has 2 rings (SSSR count). The Bertz CT molecular complexity index is 492. The van der Waals surface area contributed by atoms with Crippen molar-refractivity contribution in [3.8, 4) is 0 Å². The highest BCUT2D eigenvalue weighted by atomic mass is 35.5. The molecule has 1 aromatic rings. The van der Waals surface area contributed by atoms with Crippen molar-refractivity contribution >= 4 is 23.5 Å². The summed E-state index contributed by atoms with van der Waals surface area (Å²) in [5, 5.41) is 10.5. The van der Waals surface area contributed by atoms with Crippen LogP contribution in [-0.2, 0) is 4.79 Å². The van der Waals surface area contributed by atoms with E-state index in [1.807, 2.05) is 0 Å². The zero-order valence-electron chi connectivity index (χ0n) is 9.84. The predicted molar refractivity (Wildman–Crippen MR) is 66.2 cm³/mol. The molecule has 0 spiro atoms. The van der Waals surface area contributed by atoms with Crippen LogP contribution in [-0.4, -0.2) is 47.0 Å². The molecule has 0 aliphatic carbocycles. The van der Waals surface area contributed by atoms with Gasteiger partial charge in [-0.15, -0.1) is 0 Å². The van der Waals surface area contributed by atoms with Gasteiger partial charge in [0.1, 0.15) is 6.54 Å². The molecule has 3 amide bonds. The van der Waals surface area contributed by atoms with Crippen molar-refractivity contribution in [2.75, 3.05) is 20.1 Å². The maximum Gasteiger partial charge on any atom is 0.327 e. The van der Waals surface area contributed by atoms with Crippen LogP contribution in [0.3, 0.4) is 0 Å². The average Bonchev–Trinajstić information content (AvgIpc) is 2.56. The first kappa shape index (κ1) is 12.9. The van der Waals surface area contributed by atoms with Gasteiger partial charge in [-0.3, -0.25) is 9.69 Å². The highest BCUT2D eigenvalue weighted by molar-refractivity contribution is 6.30. The van der Waals surface area contributed by atoms with Gasteiger partial charge in [0, 0.05) is 12.1 Å². The molecule has 1 N–H and O–H groups in total. The monoisotopic (exact) mass is 268 g/mol. The summed E-state index contributed by atoms with van der Waals surface area (Å²) in [5.74, 6) is -0.302. The second kappa shape index (κ2) is 4.96. The number of amides is 3. The van der Waals surface area contributed by atoms with Gasteiger partial charge in [0.2, 0.25) is 5.91 Å². The van der Waals surface area contributed by atoms with Gasteiger partial charge in [0.25, 0.3) is 0 Å². The molecule has 1 aliphatic rings. The molecule has 1 saturated heterocycles. The standard InChI is InChI=1S/C12H13ClN2O3/c1-14-7-11(17)15(12(14)18)6-10(16)8-3-2-4-9(13)5-8/h2-5,10,16H,6-7H2,1H3. The van der Waals surface area contributed by atoms with Crippen LogP contribution in [0.4, 0.5) is 4.79 Å². The molecule has 0 aromatic heterocycles. The summed E-state index contributed by atoms with van der Waals surface area (Å²) >= 11 is 5.82. The van der Waals surface area contributed by atoms with Crippen LogP contribution in [0.2, 0.25) is 5.02 Å². The van der Waals surface area contributed by atoms with Crippen molar-refractivity contribution in [3.05, 3.63) is 34.9 Å². The van der Waals surface area contributed by atoms with Gasteiger partial charge in [-0.25, -0.2) is 4.79 Å². The average molecular weight is 269 g/mol. The lowest BCUT2D eigenvalue weighted by atomic mass is 10.1. The third kappa shape index (κ3) is 2.47. The van der Waals surface area contributed by atoms with Crippen molar-refractivity contribution in [3.63, 3.8) is 0 Å². The van der Waals surface area contributed by atoms with Gasteiger partial charge in [0.15, 0.2) is 0 Å². The largest absolute Gasteiger partial charge is 0.387 e. The van der Waals surface area contributed by atoms with Crippen LogP contribution < -0.4 is 0 Å². The lowest BCUT2D eigenvalue weighted by Crippen LogP contribution is -2.35. The predicted octanol–water partition coefficient (Wildman–Crippen LogP) is 1.27. The van der Waals surface area contributed by atoms with E-state index < -0.39 is 6.10 Å². The maximum atomic E-state index is 11.6. The Kier molecular flexibility index (Phi) is 3.54. The number of benzene rings is 1. The number of carbonyl (C=O) groups excluding carboxylic acids is 2. The molecule has 1 heterocycles. The number of likely N-dealkylation sites (N-methyl/N-ethyl adjacent to an activating group) is 1. The zero-order valence-corrected chi connectivity index (χ0v) is 10.6. The number of urea groups is 1. The Morgan fingerprint density at radius 3 is 2.72 bits per heavy atom. The van der Waals surface area contributed by atoms with E-state index in [1.165, 1.54) is 4.90 Å². The molecule has 1 unspecified atom stereocenters. The van der Waals surface area contributed by atoms with Crippen molar-refractivity contribution in [1.29, 1.82) is 0 Å². The quantitative estimate of drug-likeness (QED) is 0.840. The number of hydrogen-bond donors (Lipinski definition) is 1. The number of hydrogen-bond acceptors (Lipinski definition) is 3. The Labute approximate surface area is 110 Å². The minimum Gasteiger partial charge on any atom is -0.387 e. The van der Waals surface area contributed by atoms with Crippen LogP contribution in [0.15, 0.2) is 24.3 Å². The molecule has 0 saturated carbocycles. The highest BCUT2D eigenvalue weighted by Crippen LogP contribution is 2.20. The summed E-state index contributed by atoms with van der Waals surface area (Å²) in [5.41, 5.74) is 0.581. The van der Waals surface area contributed by atoms with Gasteiger partial charge in [0.05, 0.1) is 12.6 Å². The van der Waals surface area contributed by atoms with Gasteiger partial charge in [-0.1, -0.05) is 23.7 Å². The summed E-state index contributed by atoms with van der Waals surface area (Å²) in [6.45, 7) is 0.00342. The Morgan fingerprint density at radius 2 is 2.17 bits per heavy atom. The molecular formula is C12H13ClN2O3. The van der Waals surface area contributed by atoms with Crippen LogP contribution in [0.1, 0.15) is 11.7 Å². The minimum atomic E-state index is -0.928. The number of aliphatic hydroxyl groups is 1. The number of halogens is 1. The second-order valence-corrected chi connectivity index (χ2v) is 4.65. The number of aliphatic hydroxyl groups excluding tert-OH is 1. The van der Waals surface area contributed by atoms with E-state index in [9.17, 15) is 14.7 Å². The van der Waals surface area contributed by atoms with Crippen LogP contribution >= 0.6 is 11.6 Å². The smallest absolute Gasteiger partial charge is 0.327 e. The molecular weight excluding hydrogens is 256 g/mol. The van der Waals surface area contributed by atoms with Gasteiger partial charge in [-0.05, 0) is 17.7 Å². The van der Waals surface area contributed by atoms with E-state index in [1.54, 1.807) is 31.3 Å². The topological polar surface area (TPSA) is 60.9 Å². The van der Waals surface area contributed by atoms with Crippen molar-refractivity contribution in [2.24, 2.45) is 0 Å². The molecule has 18 heavy (non-hydrogen) atoms. The van der Waals surface area contributed by atoms with Crippen LogP contribution in [0.5, 0.6) is 0 Å². The molecule has 1 fully saturated rings. The van der Waals surface area contributed by atoms with E-state index >= 15 is 0 Å². The lowest BCUT2D eigenvalue weighted by Gasteiger charge is -2.18. The van der Waals surface area contributed by atoms with Crippen molar-refractivity contribution in [2.45, 2.75) is 6.10 Å². The SMILES string of the molecule is CN1CC(=O)N(CC(O)c2cccc(Cl)c2)C1=O. The summed E-state index contributed by atoms with van der Waals surface area (Å²) in [7, 11) is 1.55. The first-order valence-corrected chi connectivity index (χ1v) is 5.86. The fourth-order valence-electron chi connectivity index (χ4n) is 1.84. The molecule has 5 nitrogen and oxygen atoms in total. The summed E-state index contributed by atoms with van der Waals surface area (Å²) in [4.78, 5) is 25.6. The molecule has 1 aromatic carbocycles. The molecule has 96 valence electrons. The number of rotatable bonds is 3. The fraction of sp³-hybridized carbons (Fsp3) is 0.333. The van der Waals surface area contributed by atoms with Crippen LogP contribution in [0, 0.1) is 0 Å². The first-order valence-electron chi connectivity index (χ1n) is 5.48. The van der Waals surface area contributed by atoms with E-state index in [0.29, 0.717) is 10.6 Å². The summed E-state index contributed by atoms with van der Waals surface area (Å²) < 4.78 is 0.